The quantitative estimate of drug-likeness (QED) is 0.788. The number of carbonyl (C=O) groups excluding carboxylic acids is 1. The Morgan fingerprint density at radius 1 is 1.24 bits per heavy atom. The topological polar surface area (TPSA) is 53.0 Å². The van der Waals surface area contributed by atoms with Gasteiger partial charge in [0, 0.05) is 31.6 Å². The molecule has 5 heteroatoms. The third-order valence-corrected chi connectivity index (χ3v) is 7.43. The van der Waals surface area contributed by atoms with E-state index < -0.39 is 0 Å². The van der Waals surface area contributed by atoms with Gasteiger partial charge in [-0.2, -0.15) is 0 Å². The molecular formula is C24H36N2O3. The van der Waals surface area contributed by atoms with Crippen molar-refractivity contribution in [1.29, 1.82) is 0 Å². The highest BCUT2D eigenvalue weighted by atomic mass is 16.5. The zero-order chi connectivity index (χ0) is 20.4. The van der Waals surface area contributed by atoms with Crippen molar-refractivity contribution in [2.45, 2.75) is 70.4 Å². The van der Waals surface area contributed by atoms with Crippen LogP contribution in [0, 0.1) is 11.8 Å². The van der Waals surface area contributed by atoms with Crippen LogP contribution in [0.2, 0.25) is 0 Å². The summed E-state index contributed by atoms with van der Waals surface area (Å²) in [5.41, 5.74) is 0.983. The third-order valence-electron chi connectivity index (χ3n) is 7.43. The molecule has 3 saturated heterocycles. The summed E-state index contributed by atoms with van der Waals surface area (Å²) in [6, 6.07) is 6.77. The Hall–Kier alpha value is -1.75. The number of aryl methyl sites for hydroxylation is 1. The molecule has 1 N–H and O–H groups in total. The first kappa shape index (κ1) is 20.5. The number of phenolic OH excluding ortho intramolecular Hbond substituents is 1. The van der Waals surface area contributed by atoms with Crippen LogP contribution in [0.1, 0.15) is 57.4 Å². The van der Waals surface area contributed by atoms with Gasteiger partial charge in [0.05, 0.1) is 7.11 Å². The molecule has 160 valence electrons. The monoisotopic (exact) mass is 400 g/mol. The number of hydrogen-bond donors (Lipinski definition) is 1. The fraction of sp³-hybridized carbons (Fsp3) is 0.708. The van der Waals surface area contributed by atoms with Crippen LogP contribution < -0.4 is 4.74 Å². The maximum absolute atomic E-state index is 13.1. The summed E-state index contributed by atoms with van der Waals surface area (Å²) in [4.78, 5) is 18.1. The van der Waals surface area contributed by atoms with Crippen LogP contribution in [0.4, 0.5) is 0 Å². The number of ether oxygens (including phenoxy) is 1. The van der Waals surface area contributed by atoms with Gasteiger partial charge in [0.15, 0.2) is 11.5 Å². The summed E-state index contributed by atoms with van der Waals surface area (Å²) in [6.07, 6.45) is 8.97. The third kappa shape index (κ3) is 4.25. The molecule has 0 radical (unpaired) electrons. The van der Waals surface area contributed by atoms with Crippen LogP contribution in [-0.2, 0) is 11.2 Å². The number of aromatic hydroxyl groups is 1. The maximum Gasteiger partial charge on any atom is 0.222 e. The van der Waals surface area contributed by atoms with E-state index in [1.807, 2.05) is 6.07 Å². The molecule has 3 aliphatic heterocycles. The first-order valence-corrected chi connectivity index (χ1v) is 11.5. The van der Waals surface area contributed by atoms with Gasteiger partial charge in [0.1, 0.15) is 0 Å². The molecule has 1 aromatic carbocycles. The fourth-order valence-electron chi connectivity index (χ4n) is 6.11. The largest absolute Gasteiger partial charge is 0.504 e. The van der Waals surface area contributed by atoms with Crippen LogP contribution in [-0.4, -0.2) is 59.6 Å². The summed E-state index contributed by atoms with van der Waals surface area (Å²) in [7, 11) is 1.55. The van der Waals surface area contributed by atoms with E-state index in [1.54, 1.807) is 19.2 Å². The van der Waals surface area contributed by atoms with Gasteiger partial charge >= 0.3 is 0 Å². The molecule has 0 unspecified atom stereocenters. The number of amides is 1. The number of benzene rings is 1. The minimum Gasteiger partial charge on any atom is -0.504 e. The highest BCUT2D eigenvalue weighted by molar-refractivity contribution is 5.76. The molecule has 29 heavy (non-hydrogen) atoms. The normalized spacial score (nSPS) is 29.4. The van der Waals surface area contributed by atoms with Gasteiger partial charge in [-0.3, -0.25) is 9.69 Å². The predicted molar refractivity (Wildman–Crippen MR) is 114 cm³/mol. The van der Waals surface area contributed by atoms with Crippen molar-refractivity contribution in [2.75, 3.05) is 26.7 Å². The molecule has 2 bridgehead atoms. The van der Waals surface area contributed by atoms with Crippen molar-refractivity contribution in [3.63, 3.8) is 0 Å². The van der Waals surface area contributed by atoms with E-state index in [0.29, 0.717) is 42.5 Å². The summed E-state index contributed by atoms with van der Waals surface area (Å²) < 4.78 is 5.11. The van der Waals surface area contributed by atoms with Crippen molar-refractivity contribution in [3.8, 4) is 11.5 Å². The molecule has 0 aromatic heterocycles. The number of likely N-dealkylation sites (tertiary alicyclic amines) is 1. The average molecular weight is 401 g/mol. The lowest BCUT2D eigenvalue weighted by atomic mass is 9.71. The van der Waals surface area contributed by atoms with Crippen molar-refractivity contribution in [1.82, 2.24) is 9.80 Å². The van der Waals surface area contributed by atoms with E-state index in [-0.39, 0.29) is 11.7 Å². The number of fused-ring (bicyclic) bond motifs is 4. The Labute approximate surface area is 175 Å². The number of nitrogens with zero attached hydrogens (tertiary/aromatic N) is 2. The number of hydrogen-bond acceptors (Lipinski definition) is 4. The molecule has 1 amide bonds. The molecule has 3 heterocycles. The van der Waals surface area contributed by atoms with Crippen LogP contribution in [0.5, 0.6) is 11.5 Å². The molecule has 1 aromatic rings. The Kier molecular flexibility index (Phi) is 6.33. The van der Waals surface area contributed by atoms with Crippen LogP contribution in [0.3, 0.4) is 0 Å². The van der Waals surface area contributed by atoms with Crippen molar-refractivity contribution in [2.24, 2.45) is 11.8 Å². The van der Waals surface area contributed by atoms with Crippen LogP contribution in [0.25, 0.3) is 0 Å². The van der Waals surface area contributed by atoms with Crippen molar-refractivity contribution in [3.05, 3.63) is 23.8 Å². The zero-order valence-electron chi connectivity index (χ0n) is 18.0. The van der Waals surface area contributed by atoms with E-state index >= 15 is 0 Å². The second kappa shape index (κ2) is 8.95. The van der Waals surface area contributed by atoms with Gasteiger partial charge in [-0.05, 0) is 68.2 Å². The lowest BCUT2D eigenvalue weighted by Gasteiger charge is -2.57. The van der Waals surface area contributed by atoms with Gasteiger partial charge in [0.2, 0.25) is 5.91 Å². The Balaban J connectivity index is 1.40. The Morgan fingerprint density at radius 2 is 2.07 bits per heavy atom. The Bertz CT molecular complexity index is 722. The molecule has 0 spiro atoms. The van der Waals surface area contributed by atoms with E-state index in [2.05, 4.69) is 16.7 Å². The number of rotatable bonds is 6. The van der Waals surface area contributed by atoms with Crippen molar-refractivity contribution < 1.29 is 14.6 Å². The summed E-state index contributed by atoms with van der Waals surface area (Å²) in [5.74, 6) is 2.18. The molecule has 5 nitrogen and oxygen atoms in total. The lowest BCUT2D eigenvalue weighted by Crippen LogP contribution is -2.64. The van der Waals surface area contributed by atoms with Gasteiger partial charge in [0.25, 0.3) is 0 Å². The highest BCUT2D eigenvalue weighted by Crippen LogP contribution is 2.42. The Morgan fingerprint density at radius 3 is 2.83 bits per heavy atom. The highest BCUT2D eigenvalue weighted by Gasteiger charge is 2.47. The van der Waals surface area contributed by atoms with Gasteiger partial charge in [-0.15, -0.1) is 0 Å². The first-order valence-electron chi connectivity index (χ1n) is 11.5. The molecule has 0 saturated carbocycles. The summed E-state index contributed by atoms with van der Waals surface area (Å²) in [5, 5.41) is 9.98. The maximum atomic E-state index is 13.1. The van der Waals surface area contributed by atoms with E-state index in [9.17, 15) is 9.90 Å². The van der Waals surface area contributed by atoms with Crippen LogP contribution >= 0.6 is 0 Å². The lowest BCUT2D eigenvalue weighted by molar-refractivity contribution is -0.141. The SMILES string of the molecule is CCC[C@H]1[C@H]2C[C@H](CN(C(=O)CCc3ccc(OC)c(O)c3)C2)[C@@H]2CCCCN21. The minimum atomic E-state index is 0.143. The molecule has 4 rings (SSSR count). The average Bonchev–Trinajstić information content (AvgIpc) is 2.75. The van der Waals surface area contributed by atoms with Gasteiger partial charge in [-0.1, -0.05) is 25.8 Å². The molecule has 3 fully saturated rings. The van der Waals surface area contributed by atoms with E-state index in [4.69, 9.17) is 4.74 Å². The summed E-state index contributed by atoms with van der Waals surface area (Å²) in [6.45, 7) is 5.42. The minimum absolute atomic E-state index is 0.143. The molecule has 4 atom stereocenters. The second-order valence-corrected chi connectivity index (χ2v) is 9.22. The van der Waals surface area contributed by atoms with Crippen molar-refractivity contribution >= 4 is 5.91 Å². The molecule has 3 aliphatic rings. The van der Waals surface area contributed by atoms with E-state index in [1.165, 1.54) is 45.1 Å². The number of phenols is 1. The second-order valence-electron chi connectivity index (χ2n) is 9.22. The fourth-order valence-corrected chi connectivity index (χ4v) is 6.11. The number of methoxy groups -OCH3 is 1. The predicted octanol–water partition coefficient (Wildman–Crippen LogP) is 3.83. The first-order chi connectivity index (χ1) is 14.1. The van der Waals surface area contributed by atoms with Gasteiger partial charge < -0.3 is 14.7 Å². The van der Waals surface area contributed by atoms with Crippen LogP contribution in [0.15, 0.2) is 18.2 Å². The smallest absolute Gasteiger partial charge is 0.222 e. The standard InChI is InChI=1S/C24H36N2O3/c1-3-6-20-18-14-19(21-7-4-5-12-26(20)21)16-25(15-18)24(28)11-9-17-8-10-23(29-2)22(27)13-17/h8,10,13,18-21,27H,3-7,9,11-12,14-16H2,1-2H3/t18-,19+,20-,21-/m0/s1. The van der Waals surface area contributed by atoms with E-state index in [0.717, 1.165) is 18.7 Å². The number of piperidine rings is 3. The molecule has 0 aliphatic carbocycles. The summed E-state index contributed by atoms with van der Waals surface area (Å²) >= 11 is 0. The van der Waals surface area contributed by atoms with Gasteiger partial charge in [-0.25, -0.2) is 0 Å². The zero-order valence-corrected chi connectivity index (χ0v) is 18.0. The number of carbonyl (C=O) groups is 1. The molecular weight excluding hydrogens is 364 g/mol.